The van der Waals surface area contributed by atoms with E-state index in [1.807, 2.05) is 37.3 Å². The molecule has 2 N–H and O–H groups in total. The van der Waals surface area contributed by atoms with Gasteiger partial charge in [0.2, 0.25) is 5.43 Å². The predicted molar refractivity (Wildman–Crippen MR) is 93.4 cm³/mol. The molecule has 3 aromatic rings. The molecular formula is C19H18N2O3. The maximum Gasteiger partial charge on any atom is 0.257 e. The smallest absolute Gasteiger partial charge is 0.257 e. The third-order valence-electron chi connectivity index (χ3n) is 3.99. The van der Waals surface area contributed by atoms with Crippen LogP contribution in [0.4, 0.5) is 0 Å². The van der Waals surface area contributed by atoms with E-state index in [9.17, 15) is 9.59 Å². The molecule has 0 saturated heterocycles. The number of ether oxygens (including phenoxy) is 1. The zero-order valence-corrected chi connectivity index (χ0v) is 13.5. The first-order valence-electron chi connectivity index (χ1n) is 7.66. The highest BCUT2D eigenvalue weighted by Crippen LogP contribution is 2.24. The molecule has 0 aliphatic carbocycles. The minimum absolute atomic E-state index is 0.0930. The van der Waals surface area contributed by atoms with Crippen LogP contribution < -0.4 is 15.5 Å². The highest BCUT2D eigenvalue weighted by atomic mass is 16.5. The summed E-state index contributed by atoms with van der Waals surface area (Å²) in [5.41, 5.74) is 1.37. The molecule has 0 aliphatic heterocycles. The zero-order chi connectivity index (χ0) is 17.1. The SMILES string of the molecule is COc1ccccc1C(C)NC(=O)c1c[nH]c2ccccc2c1=O. The van der Waals surface area contributed by atoms with Gasteiger partial charge in [0, 0.05) is 22.7 Å². The topological polar surface area (TPSA) is 71.2 Å². The van der Waals surface area contributed by atoms with Crippen molar-refractivity contribution in [1.29, 1.82) is 0 Å². The number of hydrogen-bond acceptors (Lipinski definition) is 3. The molecule has 1 amide bonds. The van der Waals surface area contributed by atoms with E-state index in [2.05, 4.69) is 10.3 Å². The van der Waals surface area contributed by atoms with Gasteiger partial charge in [0.15, 0.2) is 0 Å². The number of methoxy groups -OCH3 is 1. The Morgan fingerprint density at radius 3 is 2.62 bits per heavy atom. The molecule has 0 radical (unpaired) electrons. The Kier molecular flexibility index (Phi) is 4.33. The van der Waals surface area contributed by atoms with Gasteiger partial charge < -0.3 is 15.0 Å². The van der Waals surface area contributed by atoms with Gasteiger partial charge in [-0.05, 0) is 25.1 Å². The van der Waals surface area contributed by atoms with E-state index in [0.717, 1.165) is 5.56 Å². The number of amides is 1. The van der Waals surface area contributed by atoms with Crippen molar-refractivity contribution in [3.8, 4) is 5.75 Å². The van der Waals surface area contributed by atoms with E-state index in [1.165, 1.54) is 6.20 Å². The molecule has 2 aromatic carbocycles. The first kappa shape index (κ1) is 15.8. The van der Waals surface area contributed by atoms with E-state index >= 15 is 0 Å². The first-order valence-corrected chi connectivity index (χ1v) is 7.66. The van der Waals surface area contributed by atoms with Crippen LogP contribution in [0.2, 0.25) is 0 Å². The van der Waals surface area contributed by atoms with Crippen LogP contribution >= 0.6 is 0 Å². The highest BCUT2D eigenvalue weighted by Gasteiger charge is 2.17. The summed E-state index contributed by atoms with van der Waals surface area (Å²) in [5.74, 6) is 0.276. The fourth-order valence-electron chi connectivity index (χ4n) is 2.71. The molecule has 5 nitrogen and oxygen atoms in total. The van der Waals surface area contributed by atoms with Gasteiger partial charge in [-0.1, -0.05) is 30.3 Å². The summed E-state index contributed by atoms with van der Waals surface area (Å²) in [7, 11) is 1.58. The molecule has 0 fully saturated rings. The van der Waals surface area contributed by atoms with Crippen molar-refractivity contribution >= 4 is 16.8 Å². The lowest BCUT2D eigenvalue weighted by atomic mass is 10.1. The third kappa shape index (κ3) is 2.88. The minimum atomic E-state index is -0.416. The second-order valence-corrected chi connectivity index (χ2v) is 5.51. The summed E-state index contributed by atoms with van der Waals surface area (Å²) >= 11 is 0. The summed E-state index contributed by atoms with van der Waals surface area (Å²) in [6, 6.07) is 14.3. The Hall–Kier alpha value is -3.08. The number of H-pyrrole nitrogens is 1. The van der Waals surface area contributed by atoms with Crippen LogP contribution in [0.1, 0.15) is 28.9 Å². The highest BCUT2D eigenvalue weighted by molar-refractivity contribution is 5.97. The van der Waals surface area contributed by atoms with Gasteiger partial charge in [-0.15, -0.1) is 0 Å². The summed E-state index contributed by atoms with van der Waals surface area (Å²) in [6.45, 7) is 1.85. The summed E-state index contributed by atoms with van der Waals surface area (Å²) in [4.78, 5) is 28.0. The minimum Gasteiger partial charge on any atom is -0.496 e. The van der Waals surface area contributed by atoms with Crippen LogP contribution in [-0.2, 0) is 0 Å². The van der Waals surface area contributed by atoms with Gasteiger partial charge in [-0.25, -0.2) is 0 Å². The van der Waals surface area contributed by atoms with Crippen molar-refractivity contribution in [3.05, 3.63) is 76.1 Å². The standard InChI is InChI=1S/C19H18N2O3/c1-12(13-7-4-6-10-17(13)24-2)21-19(23)15-11-20-16-9-5-3-8-14(16)18(15)22/h3-12H,1-2H3,(H,20,22)(H,21,23). The molecule has 24 heavy (non-hydrogen) atoms. The van der Waals surface area contributed by atoms with Crippen LogP contribution in [0, 0.1) is 0 Å². The number of hydrogen-bond donors (Lipinski definition) is 2. The lowest BCUT2D eigenvalue weighted by molar-refractivity contribution is 0.0938. The van der Waals surface area contributed by atoms with Crippen LogP contribution in [0.25, 0.3) is 10.9 Å². The number of benzene rings is 2. The fourth-order valence-corrected chi connectivity index (χ4v) is 2.71. The van der Waals surface area contributed by atoms with Gasteiger partial charge >= 0.3 is 0 Å². The third-order valence-corrected chi connectivity index (χ3v) is 3.99. The maximum atomic E-state index is 12.5. The normalized spacial score (nSPS) is 11.9. The zero-order valence-electron chi connectivity index (χ0n) is 13.5. The summed E-state index contributed by atoms with van der Waals surface area (Å²) < 4.78 is 5.32. The number of para-hydroxylation sites is 2. The number of fused-ring (bicyclic) bond motifs is 1. The lowest BCUT2D eigenvalue weighted by Crippen LogP contribution is -2.31. The van der Waals surface area contributed by atoms with Crippen LogP contribution in [0.3, 0.4) is 0 Å². The van der Waals surface area contributed by atoms with Crippen molar-refractivity contribution in [2.24, 2.45) is 0 Å². The molecule has 0 bridgehead atoms. The number of nitrogens with one attached hydrogen (secondary N) is 2. The molecular weight excluding hydrogens is 304 g/mol. The number of aromatic amines is 1. The molecule has 1 unspecified atom stereocenters. The summed E-state index contributed by atoms with van der Waals surface area (Å²) in [6.07, 6.45) is 1.45. The average molecular weight is 322 g/mol. The largest absolute Gasteiger partial charge is 0.496 e. The monoisotopic (exact) mass is 322 g/mol. The molecule has 3 rings (SSSR count). The first-order chi connectivity index (χ1) is 11.6. The number of rotatable bonds is 4. The number of carbonyl (C=O) groups is 1. The molecule has 122 valence electrons. The van der Waals surface area contributed by atoms with Gasteiger partial charge in [0.1, 0.15) is 11.3 Å². The van der Waals surface area contributed by atoms with Crippen LogP contribution in [0.5, 0.6) is 5.75 Å². The Labute approximate surface area is 139 Å². The fraction of sp³-hybridized carbons (Fsp3) is 0.158. The van der Waals surface area contributed by atoms with E-state index in [-0.39, 0.29) is 17.0 Å². The average Bonchev–Trinajstić information content (AvgIpc) is 2.62. The molecule has 1 aromatic heterocycles. The van der Waals surface area contributed by atoms with E-state index < -0.39 is 5.91 Å². The molecule has 0 spiro atoms. The molecule has 5 heteroatoms. The lowest BCUT2D eigenvalue weighted by Gasteiger charge is -2.17. The predicted octanol–water partition coefficient (Wildman–Crippen LogP) is 3.03. The van der Waals surface area contributed by atoms with Crippen molar-refractivity contribution in [1.82, 2.24) is 10.3 Å². The van der Waals surface area contributed by atoms with Crippen molar-refractivity contribution < 1.29 is 9.53 Å². The second-order valence-electron chi connectivity index (χ2n) is 5.51. The van der Waals surface area contributed by atoms with E-state index in [0.29, 0.717) is 16.7 Å². The maximum absolute atomic E-state index is 12.5. The van der Waals surface area contributed by atoms with Crippen molar-refractivity contribution in [3.63, 3.8) is 0 Å². The summed E-state index contributed by atoms with van der Waals surface area (Å²) in [5, 5.41) is 3.35. The van der Waals surface area contributed by atoms with Gasteiger partial charge in [-0.2, -0.15) is 0 Å². The van der Waals surface area contributed by atoms with E-state index in [1.54, 1.807) is 25.3 Å². The Morgan fingerprint density at radius 1 is 1.12 bits per heavy atom. The van der Waals surface area contributed by atoms with Crippen molar-refractivity contribution in [2.45, 2.75) is 13.0 Å². The molecule has 0 saturated carbocycles. The van der Waals surface area contributed by atoms with Gasteiger partial charge in [-0.3, -0.25) is 9.59 Å². The Balaban J connectivity index is 1.90. The Bertz CT molecular complexity index is 946. The molecule has 1 heterocycles. The van der Waals surface area contributed by atoms with E-state index in [4.69, 9.17) is 4.74 Å². The van der Waals surface area contributed by atoms with Crippen LogP contribution in [-0.4, -0.2) is 18.0 Å². The second kappa shape index (κ2) is 6.58. The van der Waals surface area contributed by atoms with Crippen molar-refractivity contribution in [2.75, 3.05) is 7.11 Å². The molecule has 0 aliphatic rings. The Morgan fingerprint density at radius 2 is 1.83 bits per heavy atom. The number of carbonyl (C=O) groups excluding carboxylic acids is 1. The van der Waals surface area contributed by atoms with Gasteiger partial charge in [0.05, 0.1) is 13.2 Å². The van der Waals surface area contributed by atoms with Gasteiger partial charge in [0.25, 0.3) is 5.91 Å². The number of pyridine rings is 1. The molecule has 1 atom stereocenters. The number of aromatic nitrogens is 1. The quantitative estimate of drug-likeness (QED) is 0.775. The van der Waals surface area contributed by atoms with Crippen LogP contribution in [0.15, 0.2) is 59.5 Å².